The van der Waals surface area contributed by atoms with Crippen LogP contribution in [0.2, 0.25) is 0 Å². The topological polar surface area (TPSA) is 102 Å². The summed E-state index contributed by atoms with van der Waals surface area (Å²) in [4.78, 5) is 20.7. The van der Waals surface area contributed by atoms with Crippen LogP contribution in [0.4, 0.5) is 11.4 Å². The second-order valence-corrected chi connectivity index (χ2v) is 10.4. The molecule has 0 aromatic heterocycles. The fourth-order valence-electron chi connectivity index (χ4n) is 4.75. The molecule has 6 atom stereocenters. The summed E-state index contributed by atoms with van der Waals surface area (Å²) in [5, 5.41) is 0. The number of hydrogen-bond donors (Lipinski definition) is 0. The first kappa shape index (κ1) is 22.3. The van der Waals surface area contributed by atoms with Gasteiger partial charge in [-0.1, -0.05) is 6.07 Å². The molecule has 35 heavy (non-hydrogen) atoms. The zero-order valence-corrected chi connectivity index (χ0v) is 19.9. The lowest BCUT2D eigenvalue weighted by atomic mass is 10.1. The highest BCUT2D eigenvalue weighted by Crippen LogP contribution is 2.38. The van der Waals surface area contributed by atoms with Crippen molar-refractivity contribution in [3.63, 3.8) is 0 Å². The number of ether oxygens (including phenoxy) is 6. The fraction of sp³-hybridized carbons (Fsp3) is 0.720. The van der Waals surface area contributed by atoms with Crippen molar-refractivity contribution in [3.05, 3.63) is 23.8 Å². The lowest BCUT2D eigenvalue weighted by molar-refractivity contribution is 0.0730. The van der Waals surface area contributed by atoms with Crippen LogP contribution in [0.1, 0.15) is 10.4 Å². The molecule has 7 rings (SSSR count). The first-order valence-electron chi connectivity index (χ1n) is 12.8. The number of rotatable bonds is 15. The quantitative estimate of drug-likeness (QED) is 0.320. The van der Waals surface area contributed by atoms with Gasteiger partial charge < -0.3 is 43.1 Å². The lowest BCUT2D eigenvalue weighted by Gasteiger charge is -2.34. The molecule has 6 unspecified atom stereocenters. The molecule has 6 saturated heterocycles. The number of amides is 1. The molecular weight excluding hydrogens is 454 g/mol. The van der Waals surface area contributed by atoms with Crippen molar-refractivity contribution in [1.29, 1.82) is 0 Å². The van der Waals surface area contributed by atoms with Gasteiger partial charge in [0, 0.05) is 39.3 Å². The molecule has 6 fully saturated rings. The summed E-state index contributed by atoms with van der Waals surface area (Å²) in [6.45, 7) is 8.73. The minimum absolute atomic E-state index is 0.0246. The third kappa shape index (κ3) is 5.90. The molecule has 0 saturated carbocycles. The third-order valence-electron chi connectivity index (χ3n) is 7.15. The van der Waals surface area contributed by atoms with Crippen molar-refractivity contribution >= 4 is 17.3 Å². The number of para-hydroxylation sites is 1. The maximum Gasteiger partial charge on any atom is 0.256 e. The summed E-state index contributed by atoms with van der Waals surface area (Å²) >= 11 is 0. The zero-order chi connectivity index (χ0) is 23.4. The predicted octanol–water partition coefficient (Wildman–Crippen LogP) is 0.134. The summed E-state index contributed by atoms with van der Waals surface area (Å²) in [5.41, 5.74) is 2.72. The third-order valence-corrected chi connectivity index (χ3v) is 7.15. The Balaban J connectivity index is 1.25. The Kier molecular flexibility index (Phi) is 5.83. The maximum absolute atomic E-state index is 14.1. The first-order chi connectivity index (χ1) is 17.2. The highest BCUT2D eigenvalue weighted by Gasteiger charge is 2.39. The number of epoxide rings is 6. The van der Waals surface area contributed by atoms with Gasteiger partial charge in [0.2, 0.25) is 0 Å². The average Bonchev–Trinajstić information content (AvgIpc) is 3.63. The number of anilines is 2. The van der Waals surface area contributed by atoms with Crippen LogP contribution in [-0.4, -0.2) is 126 Å². The van der Waals surface area contributed by atoms with Crippen LogP contribution in [0.25, 0.3) is 0 Å². The zero-order valence-electron chi connectivity index (χ0n) is 19.9. The number of nitrogens with zero attached hydrogens (tertiary/aromatic N) is 3. The van der Waals surface area contributed by atoms with E-state index in [0.717, 1.165) is 64.0 Å². The Labute approximate surface area is 204 Å². The standard InChI is InChI=1S/C25H33N3O7/c29-25(28(8-20-14-34-20)9-21-15-35-21)22-2-1-3-23(26(4-16-10-30-16)5-17-11-31-17)24(22)27(6-18-12-32-18)7-19-13-33-19/h1-3,16-21H,4-15H2. The van der Waals surface area contributed by atoms with E-state index in [1.165, 1.54) is 0 Å². The van der Waals surface area contributed by atoms with Gasteiger partial charge in [0.15, 0.2) is 0 Å². The van der Waals surface area contributed by atoms with Gasteiger partial charge in [0.05, 0.1) is 93.2 Å². The molecule has 0 bridgehead atoms. The molecule has 1 aromatic rings. The Morgan fingerprint density at radius 3 is 1.46 bits per heavy atom. The van der Waals surface area contributed by atoms with E-state index in [-0.39, 0.29) is 42.5 Å². The van der Waals surface area contributed by atoms with Crippen LogP contribution in [0.5, 0.6) is 0 Å². The SMILES string of the molecule is O=C(c1cccc(N(CC2CO2)CC2CO2)c1N(CC1CO1)CC1CO1)N(CC1CO1)CC1CO1. The molecule has 0 N–H and O–H groups in total. The highest BCUT2D eigenvalue weighted by atomic mass is 16.6. The molecular formula is C25H33N3O7. The highest BCUT2D eigenvalue weighted by molar-refractivity contribution is 6.03. The smallest absolute Gasteiger partial charge is 0.256 e. The molecule has 6 heterocycles. The van der Waals surface area contributed by atoms with E-state index in [0.29, 0.717) is 31.9 Å². The van der Waals surface area contributed by atoms with E-state index in [1.54, 1.807) is 0 Å². The Bertz CT molecular complexity index is 897. The van der Waals surface area contributed by atoms with Crippen molar-refractivity contribution in [3.8, 4) is 0 Å². The minimum Gasteiger partial charge on any atom is -0.371 e. The van der Waals surface area contributed by atoms with Crippen molar-refractivity contribution in [1.82, 2.24) is 4.90 Å². The van der Waals surface area contributed by atoms with E-state index >= 15 is 0 Å². The van der Waals surface area contributed by atoms with Gasteiger partial charge in [-0.05, 0) is 12.1 Å². The molecule has 6 aliphatic heterocycles. The van der Waals surface area contributed by atoms with Gasteiger partial charge in [-0.15, -0.1) is 0 Å². The number of hydrogen-bond acceptors (Lipinski definition) is 9. The summed E-state index contributed by atoms with van der Waals surface area (Å²) in [6, 6.07) is 6.09. The lowest BCUT2D eigenvalue weighted by Crippen LogP contribution is -2.41. The minimum atomic E-state index is 0.0246. The summed E-state index contributed by atoms with van der Waals surface area (Å²) < 4.78 is 33.4. The van der Waals surface area contributed by atoms with Crippen molar-refractivity contribution in [2.24, 2.45) is 0 Å². The molecule has 6 aliphatic rings. The largest absolute Gasteiger partial charge is 0.371 e. The van der Waals surface area contributed by atoms with Crippen molar-refractivity contribution < 1.29 is 33.2 Å². The van der Waals surface area contributed by atoms with Gasteiger partial charge in [0.25, 0.3) is 5.91 Å². The summed E-state index contributed by atoms with van der Waals surface area (Å²) in [6.07, 6.45) is 1.07. The maximum atomic E-state index is 14.1. The van der Waals surface area contributed by atoms with E-state index in [4.69, 9.17) is 28.4 Å². The van der Waals surface area contributed by atoms with Gasteiger partial charge in [-0.25, -0.2) is 0 Å². The van der Waals surface area contributed by atoms with E-state index in [9.17, 15) is 4.79 Å². The normalized spacial score (nSPS) is 33.1. The van der Waals surface area contributed by atoms with Crippen LogP contribution in [0, 0.1) is 0 Å². The number of carbonyl (C=O) groups is 1. The van der Waals surface area contributed by atoms with Crippen LogP contribution in [0.3, 0.4) is 0 Å². The van der Waals surface area contributed by atoms with E-state index < -0.39 is 0 Å². The van der Waals surface area contributed by atoms with Gasteiger partial charge in [0.1, 0.15) is 0 Å². The predicted molar refractivity (Wildman–Crippen MR) is 125 cm³/mol. The monoisotopic (exact) mass is 487 g/mol. The molecule has 190 valence electrons. The molecule has 1 aromatic carbocycles. The van der Waals surface area contributed by atoms with Gasteiger partial charge in [-0.2, -0.15) is 0 Å². The second kappa shape index (κ2) is 9.17. The van der Waals surface area contributed by atoms with E-state index in [1.807, 2.05) is 17.0 Å². The average molecular weight is 488 g/mol. The second-order valence-electron chi connectivity index (χ2n) is 10.4. The molecule has 10 heteroatoms. The Hall–Kier alpha value is -1.95. The Morgan fingerprint density at radius 2 is 1.03 bits per heavy atom. The Morgan fingerprint density at radius 1 is 0.629 bits per heavy atom. The molecule has 1 amide bonds. The summed E-state index contributed by atoms with van der Waals surface area (Å²) in [5.74, 6) is 0.0246. The van der Waals surface area contributed by atoms with Crippen LogP contribution in [0.15, 0.2) is 18.2 Å². The summed E-state index contributed by atoms with van der Waals surface area (Å²) in [7, 11) is 0. The van der Waals surface area contributed by atoms with Crippen LogP contribution >= 0.6 is 0 Å². The van der Waals surface area contributed by atoms with Gasteiger partial charge >= 0.3 is 0 Å². The van der Waals surface area contributed by atoms with Crippen molar-refractivity contribution in [2.75, 3.05) is 88.7 Å². The van der Waals surface area contributed by atoms with E-state index in [2.05, 4.69) is 15.9 Å². The number of benzene rings is 1. The molecule has 0 radical (unpaired) electrons. The van der Waals surface area contributed by atoms with Crippen LogP contribution < -0.4 is 9.80 Å². The molecule has 0 aliphatic carbocycles. The van der Waals surface area contributed by atoms with Gasteiger partial charge in [-0.3, -0.25) is 4.79 Å². The van der Waals surface area contributed by atoms with Crippen molar-refractivity contribution in [2.45, 2.75) is 36.6 Å². The molecule has 0 spiro atoms. The fourth-order valence-corrected chi connectivity index (χ4v) is 4.75. The number of carbonyl (C=O) groups excluding carboxylic acids is 1. The molecule has 10 nitrogen and oxygen atoms in total. The van der Waals surface area contributed by atoms with Crippen LogP contribution in [-0.2, 0) is 28.4 Å². The first-order valence-corrected chi connectivity index (χ1v) is 12.8.